The number of carbonyl (C=O) groups is 1. The van der Waals surface area contributed by atoms with Crippen molar-refractivity contribution in [2.45, 2.75) is 12.8 Å². The van der Waals surface area contributed by atoms with Gasteiger partial charge in [0.2, 0.25) is 11.8 Å². The summed E-state index contributed by atoms with van der Waals surface area (Å²) in [5.41, 5.74) is 3.40. The first kappa shape index (κ1) is 18.5. The van der Waals surface area contributed by atoms with Crippen LogP contribution >= 0.6 is 23.2 Å². The lowest BCUT2D eigenvalue weighted by Crippen LogP contribution is -2.19. The molecular formula is C21H15Cl2N3O2. The smallest absolute Gasteiger partial charge is 0.231 e. The standard InChI is InChI=1S/C21H15Cl2N3O2/c1-12(15-3-2-4-16(22)19(15)23)20(27)25-14-5-6-17-18(11-14)28-21(26-17)13-7-9-24-10-8-13/h2-12H,1H3,(H,25,27). The Morgan fingerprint density at radius 2 is 1.89 bits per heavy atom. The molecule has 7 heteroatoms. The van der Waals surface area contributed by atoms with Gasteiger partial charge in [0, 0.05) is 29.7 Å². The van der Waals surface area contributed by atoms with Crippen molar-refractivity contribution in [3.63, 3.8) is 0 Å². The van der Waals surface area contributed by atoms with E-state index in [2.05, 4.69) is 15.3 Å². The van der Waals surface area contributed by atoms with E-state index in [0.29, 0.717) is 38.3 Å². The maximum Gasteiger partial charge on any atom is 0.231 e. The molecular weight excluding hydrogens is 397 g/mol. The summed E-state index contributed by atoms with van der Waals surface area (Å²) in [5.74, 6) is -0.165. The van der Waals surface area contributed by atoms with Crippen molar-refractivity contribution in [3.05, 3.63) is 76.5 Å². The Hall–Kier alpha value is -2.89. The number of carbonyl (C=O) groups excluding carboxylic acids is 1. The van der Waals surface area contributed by atoms with Crippen LogP contribution in [0.15, 0.2) is 65.3 Å². The molecule has 0 spiro atoms. The predicted molar refractivity (Wildman–Crippen MR) is 111 cm³/mol. The summed E-state index contributed by atoms with van der Waals surface area (Å²) in [4.78, 5) is 21.1. The number of hydrogen-bond donors (Lipinski definition) is 1. The number of benzene rings is 2. The fourth-order valence-corrected chi connectivity index (χ4v) is 3.34. The molecule has 0 saturated heterocycles. The van der Waals surface area contributed by atoms with Gasteiger partial charge in [-0.2, -0.15) is 0 Å². The summed E-state index contributed by atoms with van der Waals surface area (Å²) in [5, 5.41) is 3.70. The molecule has 5 nitrogen and oxygen atoms in total. The molecule has 2 heterocycles. The van der Waals surface area contributed by atoms with E-state index in [-0.39, 0.29) is 5.91 Å². The monoisotopic (exact) mass is 411 g/mol. The third kappa shape index (κ3) is 3.59. The van der Waals surface area contributed by atoms with Crippen molar-refractivity contribution in [2.75, 3.05) is 5.32 Å². The Kier molecular flexibility index (Phi) is 5.03. The van der Waals surface area contributed by atoms with E-state index >= 15 is 0 Å². The number of halogens is 2. The van der Waals surface area contributed by atoms with Crippen molar-refractivity contribution < 1.29 is 9.21 Å². The van der Waals surface area contributed by atoms with Crippen molar-refractivity contribution in [1.29, 1.82) is 0 Å². The van der Waals surface area contributed by atoms with Gasteiger partial charge >= 0.3 is 0 Å². The average Bonchev–Trinajstić information content (AvgIpc) is 3.13. The number of pyridine rings is 1. The number of rotatable bonds is 4. The van der Waals surface area contributed by atoms with Crippen LogP contribution in [0.3, 0.4) is 0 Å². The van der Waals surface area contributed by atoms with Crippen molar-refractivity contribution in [3.8, 4) is 11.5 Å². The quantitative estimate of drug-likeness (QED) is 0.451. The summed E-state index contributed by atoms with van der Waals surface area (Å²) in [6.07, 6.45) is 3.36. The molecule has 28 heavy (non-hydrogen) atoms. The molecule has 1 unspecified atom stereocenters. The minimum atomic E-state index is -0.469. The minimum Gasteiger partial charge on any atom is -0.436 e. The zero-order valence-corrected chi connectivity index (χ0v) is 16.3. The van der Waals surface area contributed by atoms with Crippen molar-refractivity contribution >= 4 is 45.9 Å². The van der Waals surface area contributed by atoms with Gasteiger partial charge in [0.25, 0.3) is 0 Å². The molecule has 0 aliphatic rings. The Balaban J connectivity index is 1.57. The van der Waals surface area contributed by atoms with Gasteiger partial charge in [0.15, 0.2) is 5.58 Å². The fraction of sp³-hybridized carbons (Fsp3) is 0.0952. The summed E-state index contributed by atoms with van der Waals surface area (Å²) in [6.45, 7) is 1.78. The maximum atomic E-state index is 12.7. The van der Waals surface area contributed by atoms with E-state index in [1.807, 2.05) is 12.1 Å². The Morgan fingerprint density at radius 3 is 2.68 bits per heavy atom. The van der Waals surface area contributed by atoms with Crippen LogP contribution in [-0.2, 0) is 4.79 Å². The molecule has 2 aromatic heterocycles. The molecule has 0 fully saturated rings. The second-order valence-corrected chi connectivity index (χ2v) is 7.08. The molecule has 0 aliphatic carbocycles. The normalized spacial score (nSPS) is 12.1. The molecule has 4 rings (SSSR count). The van der Waals surface area contributed by atoms with Gasteiger partial charge in [-0.3, -0.25) is 9.78 Å². The minimum absolute atomic E-state index is 0.197. The number of nitrogens with zero attached hydrogens (tertiary/aromatic N) is 2. The van der Waals surface area contributed by atoms with E-state index < -0.39 is 5.92 Å². The molecule has 1 N–H and O–H groups in total. The lowest BCUT2D eigenvalue weighted by Gasteiger charge is -2.14. The molecule has 2 aromatic carbocycles. The van der Waals surface area contributed by atoms with Gasteiger partial charge in [-0.1, -0.05) is 35.3 Å². The maximum absolute atomic E-state index is 12.7. The van der Waals surface area contributed by atoms with Gasteiger partial charge in [-0.15, -0.1) is 0 Å². The van der Waals surface area contributed by atoms with Crippen LogP contribution in [0.1, 0.15) is 18.4 Å². The predicted octanol–water partition coefficient (Wildman–Crippen LogP) is 5.94. The highest BCUT2D eigenvalue weighted by molar-refractivity contribution is 6.42. The first-order valence-corrected chi connectivity index (χ1v) is 9.34. The lowest BCUT2D eigenvalue weighted by molar-refractivity contribution is -0.117. The molecule has 4 aromatic rings. The van der Waals surface area contributed by atoms with Crippen LogP contribution < -0.4 is 5.32 Å². The summed E-state index contributed by atoms with van der Waals surface area (Å²) < 4.78 is 5.83. The summed E-state index contributed by atoms with van der Waals surface area (Å²) in [7, 11) is 0. The molecule has 140 valence electrons. The Morgan fingerprint density at radius 1 is 1.11 bits per heavy atom. The highest BCUT2D eigenvalue weighted by Gasteiger charge is 2.20. The summed E-state index contributed by atoms with van der Waals surface area (Å²) in [6, 6.07) is 14.2. The van der Waals surface area contributed by atoms with E-state index in [4.69, 9.17) is 27.6 Å². The highest BCUT2D eigenvalue weighted by Crippen LogP contribution is 2.32. The van der Waals surface area contributed by atoms with E-state index in [0.717, 1.165) is 5.56 Å². The number of amides is 1. The van der Waals surface area contributed by atoms with Crippen molar-refractivity contribution in [1.82, 2.24) is 9.97 Å². The van der Waals surface area contributed by atoms with E-state index in [1.165, 1.54) is 0 Å². The zero-order valence-electron chi connectivity index (χ0n) is 14.8. The van der Waals surface area contributed by atoms with Gasteiger partial charge in [0.05, 0.1) is 16.0 Å². The number of anilines is 1. The second-order valence-electron chi connectivity index (χ2n) is 6.29. The number of oxazole rings is 1. The molecule has 0 aliphatic heterocycles. The molecule has 0 bridgehead atoms. The van der Waals surface area contributed by atoms with Gasteiger partial charge in [0.1, 0.15) is 5.52 Å². The number of nitrogens with one attached hydrogen (secondary N) is 1. The first-order valence-electron chi connectivity index (χ1n) is 8.58. The molecule has 0 saturated carbocycles. The van der Waals surface area contributed by atoms with Crippen LogP contribution in [0.4, 0.5) is 5.69 Å². The second kappa shape index (κ2) is 7.62. The third-order valence-electron chi connectivity index (χ3n) is 4.42. The van der Waals surface area contributed by atoms with Crippen LogP contribution in [0.2, 0.25) is 10.0 Å². The fourth-order valence-electron chi connectivity index (χ4n) is 2.87. The molecule has 0 radical (unpaired) electrons. The number of fused-ring (bicyclic) bond motifs is 1. The number of hydrogen-bond acceptors (Lipinski definition) is 4. The van der Waals surface area contributed by atoms with Crippen LogP contribution in [0.5, 0.6) is 0 Å². The van der Waals surface area contributed by atoms with Crippen LogP contribution in [0.25, 0.3) is 22.6 Å². The first-order chi connectivity index (χ1) is 13.5. The van der Waals surface area contributed by atoms with Crippen LogP contribution in [0, 0.1) is 0 Å². The topological polar surface area (TPSA) is 68.0 Å². The SMILES string of the molecule is CC(C(=O)Nc1ccc2nc(-c3ccncc3)oc2c1)c1cccc(Cl)c1Cl. The van der Waals surface area contributed by atoms with Gasteiger partial charge in [-0.25, -0.2) is 4.98 Å². The van der Waals surface area contributed by atoms with Crippen molar-refractivity contribution in [2.24, 2.45) is 0 Å². The van der Waals surface area contributed by atoms with Gasteiger partial charge < -0.3 is 9.73 Å². The average molecular weight is 412 g/mol. The van der Waals surface area contributed by atoms with Gasteiger partial charge in [-0.05, 0) is 42.8 Å². The Labute approximate surface area is 171 Å². The lowest BCUT2D eigenvalue weighted by atomic mass is 10.00. The molecule has 1 atom stereocenters. The third-order valence-corrected chi connectivity index (χ3v) is 5.26. The molecule has 1 amide bonds. The van der Waals surface area contributed by atoms with E-state index in [1.54, 1.807) is 55.7 Å². The van der Waals surface area contributed by atoms with E-state index in [9.17, 15) is 4.79 Å². The Bertz CT molecular complexity index is 1160. The highest BCUT2D eigenvalue weighted by atomic mass is 35.5. The van der Waals surface area contributed by atoms with Crippen LogP contribution in [-0.4, -0.2) is 15.9 Å². The summed E-state index contributed by atoms with van der Waals surface area (Å²) >= 11 is 12.3. The largest absolute Gasteiger partial charge is 0.436 e. The number of aromatic nitrogens is 2. The zero-order chi connectivity index (χ0) is 19.7.